The minimum atomic E-state index is -1.51. The molecular weight excluding hydrogens is 388 g/mol. The van der Waals surface area contributed by atoms with E-state index >= 15 is 0 Å². The van der Waals surface area contributed by atoms with E-state index in [0.29, 0.717) is 3.57 Å². The summed E-state index contributed by atoms with van der Waals surface area (Å²) in [5, 5.41) is 10.9. The molecule has 20 heavy (non-hydrogen) atoms. The smallest absolute Gasteiger partial charge is 0.315 e. The number of nitro benzene ring substituents is 1. The number of anilines is 1. The molecule has 0 saturated heterocycles. The Balaban J connectivity index is 2.91. The molecule has 0 heterocycles. The lowest BCUT2D eigenvalue weighted by molar-refractivity contribution is -0.387. The van der Waals surface area contributed by atoms with Crippen LogP contribution in [0.1, 0.15) is 0 Å². The Bertz CT molecular complexity index is 722. The number of halogens is 4. The van der Waals surface area contributed by atoms with Gasteiger partial charge in [0, 0.05) is 20.9 Å². The maximum atomic E-state index is 13.9. The number of hydrogen-bond acceptors (Lipinski definition) is 3. The van der Waals surface area contributed by atoms with Crippen LogP contribution in [0, 0.1) is 31.1 Å². The summed E-state index contributed by atoms with van der Waals surface area (Å²) in [6, 6.07) is 4.42. The van der Waals surface area contributed by atoms with Gasteiger partial charge in [0.25, 0.3) is 0 Å². The number of rotatable bonds is 2. The van der Waals surface area contributed by atoms with Crippen molar-refractivity contribution < 1.29 is 18.1 Å². The van der Waals surface area contributed by atoms with Crippen LogP contribution in [-0.2, 0) is 0 Å². The molecule has 8 heteroatoms. The van der Waals surface area contributed by atoms with Gasteiger partial charge in [0.1, 0.15) is 5.56 Å². The van der Waals surface area contributed by atoms with Crippen molar-refractivity contribution in [1.82, 2.24) is 0 Å². The van der Waals surface area contributed by atoms with Gasteiger partial charge in [0.05, 0.1) is 4.92 Å². The molecule has 0 fully saturated rings. The zero-order chi connectivity index (χ0) is 15.0. The fraction of sp³-hybridized carbons (Fsp3) is 0. The molecule has 2 rings (SSSR count). The van der Waals surface area contributed by atoms with E-state index in [1.807, 2.05) is 22.6 Å². The summed E-state index contributed by atoms with van der Waals surface area (Å²) in [4.78, 5) is 9.80. The van der Waals surface area contributed by atoms with E-state index in [1.54, 1.807) is 6.07 Å². The molecular formula is C12H6F3IN2O2. The van der Waals surface area contributed by atoms with Crippen molar-refractivity contribution in [2.24, 2.45) is 0 Å². The quantitative estimate of drug-likeness (QED) is 0.277. The van der Waals surface area contributed by atoms with E-state index in [9.17, 15) is 23.3 Å². The molecule has 104 valence electrons. The Labute approximate surface area is 124 Å². The van der Waals surface area contributed by atoms with Crippen LogP contribution >= 0.6 is 22.6 Å². The van der Waals surface area contributed by atoms with Crippen LogP contribution in [0.5, 0.6) is 0 Å². The first-order chi connectivity index (χ1) is 9.32. The number of hydrogen-bond donors (Lipinski definition) is 1. The lowest BCUT2D eigenvalue weighted by Crippen LogP contribution is -2.03. The number of nitrogens with two attached hydrogens (primary N) is 1. The third-order valence-electron chi connectivity index (χ3n) is 2.61. The van der Waals surface area contributed by atoms with Crippen LogP contribution in [0.15, 0.2) is 24.3 Å². The van der Waals surface area contributed by atoms with Gasteiger partial charge in [-0.25, -0.2) is 8.78 Å². The van der Waals surface area contributed by atoms with Crippen molar-refractivity contribution >= 4 is 34.0 Å². The zero-order valence-corrected chi connectivity index (χ0v) is 11.8. The van der Waals surface area contributed by atoms with Gasteiger partial charge in [-0.15, -0.1) is 0 Å². The third kappa shape index (κ3) is 2.42. The molecule has 0 aliphatic rings. The van der Waals surface area contributed by atoms with Gasteiger partial charge in [-0.3, -0.25) is 10.1 Å². The number of nitrogens with zero attached hydrogens (tertiary/aromatic N) is 1. The van der Waals surface area contributed by atoms with Gasteiger partial charge in [0.15, 0.2) is 11.6 Å². The van der Waals surface area contributed by atoms with E-state index in [4.69, 9.17) is 5.73 Å². The Morgan fingerprint density at radius 2 is 1.80 bits per heavy atom. The molecule has 0 atom stereocenters. The third-order valence-corrected chi connectivity index (χ3v) is 3.28. The van der Waals surface area contributed by atoms with Crippen molar-refractivity contribution in [2.45, 2.75) is 0 Å². The number of benzene rings is 2. The first kappa shape index (κ1) is 14.6. The Morgan fingerprint density at radius 3 is 2.40 bits per heavy atom. The largest absolute Gasteiger partial charge is 0.398 e. The van der Waals surface area contributed by atoms with Crippen molar-refractivity contribution in [3.05, 3.63) is 55.4 Å². The summed E-state index contributed by atoms with van der Waals surface area (Å²) in [5.74, 6) is -4.48. The zero-order valence-electron chi connectivity index (χ0n) is 9.66. The van der Waals surface area contributed by atoms with Crippen LogP contribution < -0.4 is 5.73 Å². The van der Waals surface area contributed by atoms with Gasteiger partial charge < -0.3 is 5.73 Å². The maximum absolute atomic E-state index is 13.9. The monoisotopic (exact) mass is 394 g/mol. The summed E-state index contributed by atoms with van der Waals surface area (Å²) in [7, 11) is 0. The summed E-state index contributed by atoms with van der Waals surface area (Å²) in [6.07, 6.45) is 0. The molecule has 2 aromatic carbocycles. The van der Waals surface area contributed by atoms with E-state index in [2.05, 4.69) is 0 Å². The molecule has 0 aromatic heterocycles. The molecule has 0 bridgehead atoms. The molecule has 2 aromatic rings. The average molecular weight is 394 g/mol. The Hall–Kier alpha value is -1.84. The van der Waals surface area contributed by atoms with Crippen LogP contribution in [0.25, 0.3) is 11.1 Å². The molecule has 0 radical (unpaired) electrons. The highest BCUT2D eigenvalue weighted by Gasteiger charge is 2.29. The van der Waals surface area contributed by atoms with Crippen LogP contribution in [0.4, 0.5) is 24.5 Å². The highest BCUT2D eigenvalue weighted by molar-refractivity contribution is 14.1. The van der Waals surface area contributed by atoms with Crippen LogP contribution in [0.2, 0.25) is 0 Å². The first-order valence-corrected chi connectivity index (χ1v) is 6.28. The highest BCUT2D eigenvalue weighted by atomic mass is 127. The highest BCUT2D eigenvalue weighted by Crippen LogP contribution is 2.39. The average Bonchev–Trinajstić information content (AvgIpc) is 2.36. The van der Waals surface area contributed by atoms with Gasteiger partial charge in [-0.05, 0) is 40.8 Å². The molecule has 4 nitrogen and oxygen atoms in total. The minimum absolute atomic E-state index is 0.0163. The standard InChI is InChI=1S/C12H6F3IN2O2/c13-7-4-8(14)12(18(19)20)10(11(7)15)6-3-5(16)1-2-9(6)17/h1-4H,17H2. The van der Waals surface area contributed by atoms with Gasteiger partial charge in [0.2, 0.25) is 5.82 Å². The van der Waals surface area contributed by atoms with Crippen LogP contribution in [0.3, 0.4) is 0 Å². The minimum Gasteiger partial charge on any atom is -0.398 e. The Morgan fingerprint density at radius 1 is 1.15 bits per heavy atom. The van der Waals surface area contributed by atoms with E-state index in [0.717, 1.165) is 0 Å². The first-order valence-electron chi connectivity index (χ1n) is 5.20. The lowest BCUT2D eigenvalue weighted by Gasteiger charge is -2.09. The van der Waals surface area contributed by atoms with Crippen molar-refractivity contribution in [2.75, 3.05) is 5.73 Å². The van der Waals surface area contributed by atoms with E-state index in [-0.39, 0.29) is 17.3 Å². The molecule has 0 unspecified atom stereocenters. The van der Waals surface area contributed by atoms with Crippen molar-refractivity contribution in [3.63, 3.8) is 0 Å². The predicted octanol–water partition coefficient (Wildman–Crippen LogP) is 3.87. The Kier molecular flexibility index (Phi) is 3.84. The molecule has 0 aliphatic heterocycles. The summed E-state index contributed by atoms with van der Waals surface area (Å²) in [5.41, 5.74) is 3.55. The lowest BCUT2D eigenvalue weighted by atomic mass is 10.0. The fourth-order valence-corrected chi connectivity index (χ4v) is 2.25. The molecule has 0 aliphatic carbocycles. The predicted molar refractivity (Wildman–Crippen MR) is 75.5 cm³/mol. The molecule has 0 amide bonds. The van der Waals surface area contributed by atoms with Crippen molar-refractivity contribution in [1.29, 1.82) is 0 Å². The summed E-state index contributed by atoms with van der Waals surface area (Å²) >= 11 is 1.87. The fourth-order valence-electron chi connectivity index (χ4n) is 1.76. The number of nitro groups is 1. The normalized spacial score (nSPS) is 10.6. The molecule has 0 saturated carbocycles. The summed E-state index contributed by atoms with van der Waals surface area (Å²) < 4.78 is 41.4. The number of nitrogen functional groups attached to an aromatic ring is 1. The van der Waals surface area contributed by atoms with E-state index < -0.39 is 33.6 Å². The topological polar surface area (TPSA) is 69.2 Å². The van der Waals surface area contributed by atoms with Gasteiger partial charge in [-0.2, -0.15) is 4.39 Å². The maximum Gasteiger partial charge on any atom is 0.315 e. The van der Waals surface area contributed by atoms with Gasteiger partial charge >= 0.3 is 5.69 Å². The van der Waals surface area contributed by atoms with Crippen molar-refractivity contribution in [3.8, 4) is 11.1 Å². The SMILES string of the molecule is Nc1ccc(I)cc1-c1c(F)c(F)cc(F)c1[N+](=O)[O-]. The second-order valence-corrected chi connectivity index (χ2v) is 5.11. The molecule has 2 N–H and O–H groups in total. The second-order valence-electron chi connectivity index (χ2n) is 3.87. The van der Waals surface area contributed by atoms with Crippen LogP contribution in [-0.4, -0.2) is 4.92 Å². The summed E-state index contributed by atoms with van der Waals surface area (Å²) in [6.45, 7) is 0. The van der Waals surface area contributed by atoms with Gasteiger partial charge in [-0.1, -0.05) is 0 Å². The molecule has 0 spiro atoms. The second kappa shape index (κ2) is 5.27. The van der Waals surface area contributed by atoms with E-state index in [1.165, 1.54) is 12.1 Å².